The predicted molar refractivity (Wildman–Crippen MR) is 59.7 cm³/mol. The van der Waals surface area contributed by atoms with Crippen molar-refractivity contribution in [2.24, 2.45) is 0 Å². The molecule has 4 nitrogen and oxygen atoms in total. The highest BCUT2D eigenvalue weighted by atomic mass is 16.3. The zero-order valence-corrected chi connectivity index (χ0v) is 8.95. The monoisotopic (exact) mass is 205 g/mol. The van der Waals surface area contributed by atoms with Gasteiger partial charge in [0.25, 0.3) is 0 Å². The van der Waals surface area contributed by atoms with Gasteiger partial charge in [-0.05, 0) is 31.8 Å². The third kappa shape index (κ3) is 2.00. The fourth-order valence-electron chi connectivity index (χ4n) is 1.68. The number of hydrogen-bond donors (Lipinski definition) is 2. The molecule has 2 rings (SSSR count). The molecule has 1 heterocycles. The Morgan fingerprint density at radius 1 is 1.40 bits per heavy atom. The smallest absolute Gasteiger partial charge is 0.181 e. The number of benzene rings is 1. The first-order chi connectivity index (χ1) is 7.35. The number of nitrogens with one attached hydrogen (secondary N) is 2. The number of likely N-dealkylation sites (N-methyl/N-ethyl adjacent to an activating group) is 2. The average Bonchev–Trinajstić information content (AvgIpc) is 2.72. The van der Waals surface area contributed by atoms with Crippen LogP contribution in [0.1, 0.15) is 11.6 Å². The molecule has 0 aliphatic heterocycles. The molecule has 0 spiro atoms. The largest absolute Gasteiger partial charge is 0.443 e. The topological polar surface area (TPSA) is 50.1 Å². The third-order valence-corrected chi connectivity index (χ3v) is 2.51. The molecule has 0 bridgehead atoms. The summed E-state index contributed by atoms with van der Waals surface area (Å²) < 4.78 is 5.27. The van der Waals surface area contributed by atoms with Crippen LogP contribution in [0.3, 0.4) is 0 Å². The van der Waals surface area contributed by atoms with Gasteiger partial charge in [-0.3, -0.25) is 0 Å². The normalized spacial score (nSPS) is 13.2. The number of hydrogen-bond acceptors (Lipinski definition) is 4. The van der Waals surface area contributed by atoms with E-state index in [-0.39, 0.29) is 0 Å². The zero-order chi connectivity index (χ0) is 10.7. The van der Waals surface area contributed by atoms with Gasteiger partial charge < -0.3 is 15.1 Å². The van der Waals surface area contributed by atoms with Crippen LogP contribution in [-0.2, 0) is 0 Å². The van der Waals surface area contributed by atoms with Crippen LogP contribution >= 0.6 is 0 Å². The summed E-state index contributed by atoms with van der Waals surface area (Å²) in [6.07, 6.45) is 1.47. The highest BCUT2D eigenvalue weighted by molar-refractivity contribution is 5.72. The molecule has 0 fully saturated rings. The highest BCUT2D eigenvalue weighted by Crippen LogP contribution is 2.18. The quantitative estimate of drug-likeness (QED) is 0.790. The van der Waals surface area contributed by atoms with Gasteiger partial charge in [0, 0.05) is 12.6 Å². The first-order valence-electron chi connectivity index (χ1n) is 5.00. The van der Waals surface area contributed by atoms with Crippen molar-refractivity contribution in [2.75, 3.05) is 20.6 Å². The summed E-state index contributed by atoms with van der Waals surface area (Å²) in [6, 6.07) is 6.38. The van der Waals surface area contributed by atoms with Crippen LogP contribution in [-0.4, -0.2) is 25.6 Å². The van der Waals surface area contributed by atoms with E-state index in [1.54, 1.807) is 0 Å². The molecule has 2 N–H and O–H groups in total. The van der Waals surface area contributed by atoms with E-state index in [2.05, 4.69) is 21.7 Å². The molecule has 0 saturated heterocycles. The Kier molecular flexibility index (Phi) is 2.99. The van der Waals surface area contributed by atoms with Crippen molar-refractivity contribution < 1.29 is 4.42 Å². The van der Waals surface area contributed by atoms with E-state index in [0.29, 0.717) is 6.04 Å². The first kappa shape index (κ1) is 10.1. The molecule has 4 heteroatoms. The molecule has 15 heavy (non-hydrogen) atoms. The van der Waals surface area contributed by atoms with Crippen molar-refractivity contribution in [1.82, 2.24) is 15.6 Å². The van der Waals surface area contributed by atoms with Gasteiger partial charge >= 0.3 is 0 Å². The van der Waals surface area contributed by atoms with E-state index in [1.807, 2.05) is 26.2 Å². The van der Waals surface area contributed by atoms with E-state index >= 15 is 0 Å². The van der Waals surface area contributed by atoms with Gasteiger partial charge in [0.1, 0.15) is 5.52 Å². The Morgan fingerprint density at radius 2 is 2.27 bits per heavy atom. The molecule has 2 aromatic rings. The van der Waals surface area contributed by atoms with E-state index in [1.165, 1.54) is 12.0 Å². The molecular formula is C11H15N3O. The van der Waals surface area contributed by atoms with Crippen molar-refractivity contribution in [1.29, 1.82) is 0 Å². The van der Waals surface area contributed by atoms with E-state index < -0.39 is 0 Å². The standard InChI is InChI=1S/C11H15N3O/c1-12-6-10(13-2)8-3-4-9-11(5-8)15-7-14-9/h3-5,7,10,12-13H,6H2,1-2H3. The zero-order valence-electron chi connectivity index (χ0n) is 8.95. The van der Waals surface area contributed by atoms with Gasteiger partial charge in [0.2, 0.25) is 0 Å². The predicted octanol–water partition coefficient (Wildman–Crippen LogP) is 1.31. The van der Waals surface area contributed by atoms with Crippen molar-refractivity contribution >= 4 is 11.1 Å². The number of rotatable bonds is 4. The minimum Gasteiger partial charge on any atom is -0.443 e. The Morgan fingerprint density at radius 3 is 3.00 bits per heavy atom. The van der Waals surface area contributed by atoms with Gasteiger partial charge in [-0.15, -0.1) is 0 Å². The molecule has 0 saturated carbocycles. The van der Waals surface area contributed by atoms with Crippen LogP contribution in [0.25, 0.3) is 11.1 Å². The Bertz CT molecular complexity index is 438. The maximum Gasteiger partial charge on any atom is 0.181 e. The summed E-state index contributed by atoms with van der Waals surface area (Å²) in [5.41, 5.74) is 2.94. The lowest BCUT2D eigenvalue weighted by Gasteiger charge is -2.15. The lowest BCUT2D eigenvalue weighted by molar-refractivity contribution is 0.556. The van der Waals surface area contributed by atoms with Gasteiger partial charge in [-0.2, -0.15) is 0 Å². The second-order valence-corrected chi connectivity index (χ2v) is 3.48. The summed E-state index contributed by atoms with van der Waals surface area (Å²) in [4.78, 5) is 4.09. The molecular weight excluding hydrogens is 190 g/mol. The van der Waals surface area contributed by atoms with Crippen LogP contribution < -0.4 is 10.6 Å². The fourth-order valence-corrected chi connectivity index (χ4v) is 1.68. The first-order valence-corrected chi connectivity index (χ1v) is 5.00. The van der Waals surface area contributed by atoms with E-state index in [4.69, 9.17) is 4.42 Å². The molecule has 1 aromatic carbocycles. The summed E-state index contributed by atoms with van der Waals surface area (Å²) in [5, 5.41) is 6.40. The number of oxazole rings is 1. The second-order valence-electron chi connectivity index (χ2n) is 3.48. The van der Waals surface area contributed by atoms with Crippen molar-refractivity contribution in [3.05, 3.63) is 30.2 Å². The fraction of sp³-hybridized carbons (Fsp3) is 0.364. The maximum atomic E-state index is 5.27. The molecule has 0 amide bonds. The van der Waals surface area contributed by atoms with E-state index in [9.17, 15) is 0 Å². The highest BCUT2D eigenvalue weighted by Gasteiger charge is 2.09. The summed E-state index contributed by atoms with van der Waals surface area (Å²) in [6.45, 7) is 0.885. The molecule has 1 atom stereocenters. The van der Waals surface area contributed by atoms with Crippen molar-refractivity contribution in [3.8, 4) is 0 Å². The molecule has 1 aromatic heterocycles. The minimum atomic E-state index is 0.296. The van der Waals surface area contributed by atoms with Crippen molar-refractivity contribution in [2.45, 2.75) is 6.04 Å². The number of nitrogens with zero attached hydrogens (tertiary/aromatic N) is 1. The van der Waals surface area contributed by atoms with Gasteiger partial charge in [0.15, 0.2) is 12.0 Å². The van der Waals surface area contributed by atoms with Gasteiger partial charge in [-0.1, -0.05) is 6.07 Å². The van der Waals surface area contributed by atoms with Gasteiger partial charge in [-0.25, -0.2) is 4.98 Å². The Hall–Kier alpha value is -1.39. The lowest BCUT2D eigenvalue weighted by atomic mass is 10.1. The van der Waals surface area contributed by atoms with E-state index in [0.717, 1.165) is 17.6 Å². The number of aromatic nitrogens is 1. The van der Waals surface area contributed by atoms with Crippen LogP contribution in [0.2, 0.25) is 0 Å². The Balaban J connectivity index is 2.33. The number of fused-ring (bicyclic) bond motifs is 1. The van der Waals surface area contributed by atoms with Crippen LogP contribution in [0, 0.1) is 0 Å². The average molecular weight is 205 g/mol. The summed E-state index contributed by atoms with van der Waals surface area (Å²) in [7, 11) is 3.89. The van der Waals surface area contributed by atoms with Crippen LogP contribution in [0.5, 0.6) is 0 Å². The minimum absolute atomic E-state index is 0.296. The van der Waals surface area contributed by atoms with Crippen LogP contribution in [0.4, 0.5) is 0 Å². The molecule has 80 valence electrons. The summed E-state index contributed by atoms with van der Waals surface area (Å²) in [5.74, 6) is 0. The maximum absolute atomic E-state index is 5.27. The van der Waals surface area contributed by atoms with Crippen LogP contribution in [0.15, 0.2) is 29.0 Å². The Labute approximate surface area is 88.7 Å². The molecule has 1 unspecified atom stereocenters. The molecule has 0 radical (unpaired) electrons. The second kappa shape index (κ2) is 4.42. The third-order valence-electron chi connectivity index (χ3n) is 2.51. The molecule has 0 aliphatic carbocycles. The van der Waals surface area contributed by atoms with Crippen molar-refractivity contribution in [3.63, 3.8) is 0 Å². The lowest BCUT2D eigenvalue weighted by Crippen LogP contribution is -2.27. The van der Waals surface area contributed by atoms with Gasteiger partial charge in [0.05, 0.1) is 0 Å². The SMILES string of the molecule is CNCC(NC)c1ccc2ncoc2c1. The summed E-state index contributed by atoms with van der Waals surface area (Å²) >= 11 is 0. The molecule has 0 aliphatic rings.